The smallest absolute Gasteiger partial charge is 0.0339 e. The first-order valence-corrected chi connectivity index (χ1v) is 6.41. The minimum absolute atomic E-state index is 0.347. The van der Waals surface area contributed by atoms with E-state index in [1.165, 1.54) is 17.5 Å². The van der Waals surface area contributed by atoms with Crippen LogP contribution in [0.25, 0.3) is 0 Å². The van der Waals surface area contributed by atoms with Gasteiger partial charge in [-0.2, -0.15) is 0 Å². The van der Waals surface area contributed by atoms with E-state index in [0.29, 0.717) is 5.38 Å². The molecule has 0 aliphatic carbocycles. The van der Waals surface area contributed by atoms with Gasteiger partial charge in [0.1, 0.15) is 0 Å². The zero-order chi connectivity index (χ0) is 11.1. The molecule has 15 heavy (non-hydrogen) atoms. The molecule has 0 amide bonds. The summed E-state index contributed by atoms with van der Waals surface area (Å²) in [5.41, 5.74) is 2.85. The predicted octanol–water partition coefficient (Wildman–Crippen LogP) is 4.59. The molecule has 0 N–H and O–H groups in total. The van der Waals surface area contributed by atoms with E-state index in [9.17, 15) is 0 Å². The van der Waals surface area contributed by atoms with Gasteiger partial charge in [-0.25, -0.2) is 0 Å². The van der Waals surface area contributed by atoms with Gasteiger partial charge in [0.05, 0.1) is 0 Å². The molecule has 0 saturated heterocycles. The van der Waals surface area contributed by atoms with E-state index in [0.717, 1.165) is 25.7 Å². The Balaban J connectivity index is 2.43. The third kappa shape index (κ3) is 4.70. The SMILES string of the molecule is CCCC(Cl)CCc1cccc(CC)c1. The van der Waals surface area contributed by atoms with Crippen LogP contribution in [0.1, 0.15) is 44.2 Å². The average molecular weight is 225 g/mol. The number of hydrogen-bond donors (Lipinski definition) is 0. The van der Waals surface area contributed by atoms with Gasteiger partial charge in [-0.1, -0.05) is 44.5 Å². The zero-order valence-corrected chi connectivity index (χ0v) is 10.6. The molecular formula is C14H21Cl. The summed E-state index contributed by atoms with van der Waals surface area (Å²) in [5.74, 6) is 0. The van der Waals surface area contributed by atoms with E-state index in [2.05, 4.69) is 38.1 Å². The Hall–Kier alpha value is -0.490. The first-order valence-electron chi connectivity index (χ1n) is 5.98. The van der Waals surface area contributed by atoms with Crippen molar-refractivity contribution in [3.63, 3.8) is 0 Å². The predicted molar refractivity (Wildman–Crippen MR) is 68.7 cm³/mol. The number of alkyl halides is 1. The monoisotopic (exact) mass is 224 g/mol. The summed E-state index contributed by atoms with van der Waals surface area (Å²) in [5, 5.41) is 0.347. The molecule has 0 aromatic heterocycles. The van der Waals surface area contributed by atoms with Gasteiger partial charge >= 0.3 is 0 Å². The molecule has 0 radical (unpaired) electrons. The summed E-state index contributed by atoms with van der Waals surface area (Å²) < 4.78 is 0. The number of rotatable bonds is 6. The van der Waals surface area contributed by atoms with Crippen molar-refractivity contribution >= 4 is 11.6 Å². The highest BCUT2D eigenvalue weighted by atomic mass is 35.5. The lowest BCUT2D eigenvalue weighted by atomic mass is 10.0. The zero-order valence-electron chi connectivity index (χ0n) is 9.80. The van der Waals surface area contributed by atoms with Crippen LogP contribution in [0.5, 0.6) is 0 Å². The van der Waals surface area contributed by atoms with E-state index in [1.807, 2.05) is 0 Å². The van der Waals surface area contributed by atoms with Gasteiger partial charge in [-0.05, 0) is 36.8 Å². The van der Waals surface area contributed by atoms with Crippen LogP contribution in [0.3, 0.4) is 0 Å². The van der Waals surface area contributed by atoms with Gasteiger partial charge < -0.3 is 0 Å². The Kier molecular flexibility index (Phi) is 5.78. The summed E-state index contributed by atoms with van der Waals surface area (Å²) in [6.07, 6.45) is 5.65. The maximum Gasteiger partial charge on any atom is 0.0339 e. The fraction of sp³-hybridized carbons (Fsp3) is 0.571. The standard InChI is InChI=1S/C14H21Cl/c1-3-6-14(15)10-9-13-8-5-7-12(4-2)11-13/h5,7-8,11,14H,3-4,6,9-10H2,1-2H3. The Labute approximate surface area is 98.7 Å². The van der Waals surface area contributed by atoms with Crippen molar-refractivity contribution in [2.45, 2.75) is 51.3 Å². The lowest BCUT2D eigenvalue weighted by molar-refractivity contribution is 0.675. The van der Waals surface area contributed by atoms with Crippen LogP contribution in [-0.4, -0.2) is 5.38 Å². The molecular weight excluding hydrogens is 204 g/mol. The Morgan fingerprint density at radius 3 is 2.53 bits per heavy atom. The van der Waals surface area contributed by atoms with Gasteiger partial charge in [-0.15, -0.1) is 11.6 Å². The van der Waals surface area contributed by atoms with Crippen molar-refractivity contribution in [3.05, 3.63) is 35.4 Å². The van der Waals surface area contributed by atoms with Crippen LogP contribution in [0.2, 0.25) is 0 Å². The molecule has 84 valence electrons. The molecule has 1 heteroatoms. The molecule has 0 spiro atoms. The molecule has 0 aliphatic heterocycles. The maximum absolute atomic E-state index is 6.20. The van der Waals surface area contributed by atoms with Crippen LogP contribution < -0.4 is 0 Å². The second kappa shape index (κ2) is 6.90. The number of aryl methyl sites for hydroxylation is 2. The highest BCUT2D eigenvalue weighted by Gasteiger charge is 2.03. The summed E-state index contributed by atoms with van der Waals surface area (Å²) in [7, 11) is 0. The van der Waals surface area contributed by atoms with E-state index in [4.69, 9.17) is 11.6 Å². The molecule has 1 rings (SSSR count). The lowest BCUT2D eigenvalue weighted by Gasteiger charge is -2.08. The molecule has 0 fully saturated rings. The fourth-order valence-electron chi connectivity index (χ4n) is 1.79. The molecule has 1 aromatic rings. The van der Waals surface area contributed by atoms with Gasteiger partial charge in [0, 0.05) is 5.38 Å². The van der Waals surface area contributed by atoms with E-state index in [1.54, 1.807) is 0 Å². The number of benzene rings is 1. The van der Waals surface area contributed by atoms with Gasteiger partial charge in [0.25, 0.3) is 0 Å². The quantitative estimate of drug-likeness (QED) is 0.620. The van der Waals surface area contributed by atoms with Crippen LogP contribution in [0, 0.1) is 0 Å². The normalized spacial score (nSPS) is 12.7. The highest BCUT2D eigenvalue weighted by Crippen LogP contribution is 2.15. The molecule has 0 bridgehead atoms. The molecule has 0 heterocycles. The fourth-order valence-corrected chi connectivity index (χ4v) is 2.11. The van der Waals surface area contributed by atoms with Gasteiger partial charge in [0.15, 0.2) is 0 Å². The summed E-state index contributed by atoms with van der Waals surface area (Å²) >= 11 is 6.20. The van der Waals surface area contributed by atoms with E-state index in [-0.39, 0.29) is 0 Å². The number of halogens is 1. The molecule has 1 atom stereocenters. The van der Waals surface area contributed by atoms with Crippen molar-refractivity contribution in [3.8, 4) is 0 Å². The van der Waals surface area contributed by atoms with Crippen LogP contribution in [-0.2, 0) is 12.8 Å². The topological polar surface area (TPSA) is 0 Å². The molecule has 0 nitrogen and oxygen atoms in total. The minimum Gasteiger partial charge on any atom is -0.123 e. The van der Waals surface area contributed by atoms with Crippen molar-refractivity contribution in [2.24, 2.45) is 0 Å². The van der Waals surface area contributed by atoms with Crippen LogP contribution >= 0.6 is 11.6 Å². The molecule has 0 aliphatic rings. The highest BCUT2D eigenvalue weighted by molar-refractivity contribution is 6.20. The largest absolute Gasteiger partial charge is 0.123 e. The van der Waals surface area contributed by atoms with Crippen molar-refractivity contribution in [1.29, 1.82) is 0 Å². The number of hydrogen-bond acceptors (Lipinski definition) is 0. The van der Waals surface area contributed by atoms with Gasteiger partial charge in [0.2, 0.25) is 0 Å². The van der Waals surface area contributed by atoms with Gasteiger partial charge in [-0.3, -0.25) is 0 Å². The summed E-state index contributed by atoms with van der Waals surface area (Å²) in [6, 6.07) is 8.84. The van der Waals surface area contributed by atoms with Crippen LogP contribution in [0.4, 0.5) is 0 Å². The minimum atomic E-state index is 0.347. The Morgan fingerprint density at radius 1 is 1.13 bits per heavy atom. The Bertz CT molecular complexity index is 280. The third-order valence-electron chi connectivity index (χ3n) is 2.75. The van der Waals surface area contributed by atoms with Crippen molar-refractivity contribution < 1.29 is 0 Å². The Morgan fingerprint density at radius 2 is 1.87 bits per heavy atom. The van der Waals surface area contributed by atoms with Crippen molar-refractivity contribution in [1.82, 2.24) is 0 Å². The molecule has 1 aromatic carbocycles. The average Bonchev–Trinajstić information content (AvgIpc) is 2.27. The third-order valence-corrected chi connectivity index (χ3v) is 3.18. The molecule has 0 saturated carbocycles. The second-order valence-electron chi connectivity index (χ2n) is 4.10. The second-order valence-corrected chi connectivity index (χ2v) is 4.72. The van der Waals surface area contributed by atoms with E-state index >= 15 is 0 Å². The maximum atomic E-state index is 6.20. The van der Waals surface area contributed by atoms with Crippen molar-refractivity contribution in [2.75, 3.05) is 0 Å². The summed E-state index contributed by atoms with van der Waals surface area (Å²) in [4.78, 5) is 0. The summed E-state index contributed by atoms with van der Waals surface area (Å²) in [6.45, 7) is 4.38. The van der Waals surface area contributed by atoms with Crippen LogP contribution in [0.15, 0.2) is 24.3 Å². The van der Waals surface area contributed by atoms with E-state index < -0.39 is 0 Å². The molecule has 1 unspecified atom stereocenters. The first-order chi connectivity index (χ1) is 7.26. The first kappa shape index (κ1) is 12.6. The lowest BCUT2D eigenvalue weighted by Crippen LogP contribution is -2.00.